The summed E-state index contributed by atoms with van der Waals surface area (Å²) >= 11 is 0. The maximum Gasteiger partial charge on any atom is 0.191 e. The average molecular weight is 421 g/mol. The molecule has 0 saturated carbocycles. The van der Waals surface area contributed by atoms with Crippen LogP contribution in [-0.4, -0.2) is 47.8 Å². The fraction of sp³-hybridized carbons (Fsp3) is 0.381. The molecular weight excluding hydrogens is 391 g/mol. The van der Waals surface area contributed by atoms with Gasteiger partial charge in [-0.1, -0.05) is 24.3 Å². The first-order chi connectivity index (χ1) is 13.8. The van der Waals surface area contributed by atoms with Gasteiger partial charge < -0.3 is 15.5 Å². The predicted molar refractivity (Wildman–Crippen MR) is 117 cm³/mol. The van der Waals surface area contributed by atoms with Crippen LogP contribution in [-0.2, 0) is 22.1 Å². The Bertz CT molecular complexity index is 918. The minimum atomic E-state index is -3.21. The van der Waals surface area contributed by atoms with E-state index < -0.39 is 15.7 Å². The van der Waals surface area contributed by atoms with E-state index >= 15 is 0 Å². The van der Waals surface area contributed by atoms with Gasteiger partial charge >= 0.3 is 0 Å². The zero-order chi connectivity index (χ0) is 21.3. The van der Waals surface area contributed by atoms with E-state index in [1.807, 2.05) is 18.2 Å². The Labute approximate surface area is 172 Å². The summed E-state index contributed by atoms with van der Waals surface area (Å²) in [6.07, 6.45) is 2.08. The molecule has 6 nitrogen and oxygen atoms in total. The van der Waals surface area contributed by atoms with Gasteiger partial charge in [-0.25, -0.2) is 12.8 Å². The minimum absolute atomic E-state index is 0.123. The van der Waals surface area contributed by atoms with Crippen LogP contribution in [0.5, 0.6) is 0 Å². The van der Waals surface area contributed by atoms with E-state index in [1.54, 1.807) is 7.05 Å². The molecule has 158 valence electrons. The average Bonchev–Trinajstić information content (AvgIpc) is 2.68. The number of rotatable bonds is 9. The van der Waals surface area contributed by atoms with Crippen molar-refractivity contribution >= 4 is 21.5 Å². The van der Waals surface area contributed by atoms with Crippen LogP contribution in [0.1, 0.15) is 17.5 Å². The van der Waals surface area contributed by atoms with E-state index in [2.05, 4.69) is 39.7 Å². The second kappa shape index (κ2) is 10.8. The highest BCUT2D eigenvalue weighted by Gasteiger charge is 2.11. The van der Waals surface area contributed by atoms with Crippen molar-refractivity contribution in [2.24, 2.45) is 4.99 Å². The van der Waals surface area contributed by atoms with Crippen molar-refractivity contribution < 1.29 is 12.8 Å². The number of anilines is 1. The number of guanidine groups is 1. The smallest absolute Gasteiger partial charge is 0.191 e. The summed E-state index contributed by atoms with van der Waals surface area (Å²) < 4.78 is 36.8. The Hall–Kier alpha value is -2.61. The van der Waals surface area contributed by atoms with Crippen molar-refractivity contribution in [3.05, 3.63) is 65.5 Å². The SMILES string of the molecule is CN=C(NCCCN(C)c1ccccc1)NCc1cc(F)ccc1CS(C)(=O)=O. The summed E-state index contributed by atoms with van der Waals surface area (Å²) in [6, 6.07) is 14.3. The molecule has 2 aromatic carbocycles. The van der Waals surface area contributed by atoms with E-state index in [9.17, 15) is 12.8 Å². The van der Waals surface area contributed by atoms with Gasteiger partial charge in [0.1, 0.15) is 5.82 Å². The molecule has 8 heteroatoms. The second-order valence-corrected chi connectivity index (χ2v) is 9.09. The highest BCUT2D eigenvalue weighted by atomic mass is 32.2. The molecule has 0 aliphatic rings. The van der Waals surface area contributed by atoms with E-state index in [1.165, 1.54) is 30.1 Å². The van der Waals surface area contributed by atoms with Crippen molar-refractivity contribution in [2.45, 2.75) is 18.7 Å². The van der Waals surface area contributed by atoms with Crippen LogP contribution >= 0.6 is 0 Å². The van der Waals surface area contributed by atoms with Crippen LogP contribution < -0.4 is 15.5 Å². The molecule has 0 aliphatic heterocycles. The van der Waals surface area contributed by atoms with Crippen molar-refractivity contribution in [3.63, 3.8) is 0 Å². The Balaban J connectivity index is 1.84. The molecule has 0 fully saturated rings. The summed E-state index contributed by atoms with van der Waals surface area (Å²) in [5.74, 6) is 0.0650. The van der Waals surface area contributed by atoms with Crippen LogP contribution in [0, 0.1) is 5.82 Å². The lowest BCUT2D eigenvalue weighted by atomic mass is 10.1. The first-order valence-electron chi connectivity index (χ1n) is 9.44. The van der Waals surface area contributed by atoms with E-state index in [0.717, 1.165) is 19.5 Å². The lowest BCUT2D eigenvalue weighted by Gasteiger charge is -2.20. The molecule has 2 aromatic rings. The van der Waals surface area contributed by atoms with Gasteiger partial charge in [-0.3, -0.25) is 4.99 Å². The molecule has 0 atom stereocenters. The van der Waals surface area contributed by atoms with E-state index in [0.29, 0.717) is 17.1 Å². The van der Waals surface area contributed by atoms with Crippen LogP contribution in [0.4, 0.5) is 10.1 Å². The Kier molecular flexibility index (Phi) is 8.45. The Morgan fingerprint density at radius 3 is 2.48 bits per heavy atom. The van der Waals surface area contributed by atoms with Gasteiger partial charge in [-0.2, -0.15) is 0 Å². The fourth-order valence-electron chi connectivity index (χ4n) is 2.92. The van der Waals surface area contributed by atoms with Gasteiger partial charge in [-0.15, -0.1) is 0 Å². The third-order valence-corrected chi connectivity index (χ3v) is 5.25. The van der Waals surface area contributed by atoms with Crippen LogP contribution in [0.3, 0.4) is 0 Å². The Morgan fingerprint density at radius 1 is 1.10 bits per heavy atom. The number of para-hydroxylation sites is 1. The summed E-state index contributed by atoms with van der Waals surface area (Å²) in [5, 5.41) is 6.35. The molecule has 0 spiro atoms. The number of aliphatic imine (C=N–C) groups is 1. The fourth-order valence-corrected chi connectivity index (χ4v) is 3.76. The number of halogens is 1. The number of nitrogens with one attached hydrogen (secondary N) is 2. The molecule has 29 heavy (non-hydrogen) atoms. The molecule has 2 rings (SSSR count). The van der Waals surface area contributed by atoms with Gasteiger partial charge in [0.05, 0.1) is 5.75 Å². The van der Waals surface area contributed by atoms with Gasteiger partial charge in [0.2, 0.25) is 0 Å². The largest absolute Gasteiger partial charge is 0.375 e. The van der Waals surface area contributed by atoms with Crippen molar-refractivity contribution in [1.82, 2.24) is 10.6 Å². The first kappa shape index (κ1) is 22.7. The van der Waals surface area contributed by atoms with E-state index in [-0.39, 0.29) is 12.3 Å². The normalized spacial score (nSPS) is 11.9. The standard InChI is InChI=1S/C21H29FN4O2S/c1-23-21(24-12-7-13-26(2)20-8-5-4-6-9-20)25-15-18-14-19(22)11-10-17(18)16-29(3,27)28/h4-6,8-11,14H,7,12-13,15-16H2,1-3H3,(H2,23,24,25). The third kappa shape index (κ3) is 8.11. The molecule has 0 radical (unpaired) electrons. The molecule has 0 unspecified atom stereocenters. The quantitative estimate of drug-likeness (QED) is 0.371. The number of benzene rings is 2. The Morgan fingerprint density at radius 2 is 1.83 bits per heavy atom. The molecule has 0 saturated heterocycles. The second-order valence-electron chi connectivity index (χ2n) is 6.95. The molecule has 0 aromatic heterocycles. The van der Waals surface area contributed by atoms with E-state index in [4.69, 9.17) is 0 Å². The van der Waals surface area contributed by atoms with Crippen LogP contribution in [0.25, 0.3) is 0 Å². The van der Waals surface area contributed by atoms with Crippen molar-refractivity contribution in [2.75, 3.05) is 38.3 Å². The number of nitrogens with zero attached hydrogens (tertiary/aromatic N) is 2. The number of sulfone groups is 1. The van der Waals surface area contributed by atoms with Gasteiger partial charge in [0, 0.05) is 45.7 Å². The lowest BCUT2D eigenvalue weighted by molar-refractivity contribution is 0.599. The minimum Gasteiger partial charge on any atom is -0.375 e. The van der Waals surface area contributed by atoms with Crippen molar-refractivity contribution in [1.29, 1.82) is 0 Å². The number of hydrogen-bond donors (Lipinski definition) is 2. The van der Waals surface area contributed by atoms with Gasteiger partial charge in [0.25, 0.3) is 0 Å². The molecule has 0 bridgehead atoms. The zero-order valence-electron chi connectivity index (χ0n) is 17.2. The highest BCUT2D eigenvalue weighted by molar-refractivity contribution is 7.89. The maximum atomic E-state index is 13.6. The molecule has 0 aliphatic carbocycles. The highest BCUT2D eigenvalue weighted by Crippen LogP contribution is 2.14. The topological polar surface area (TPSA) is 73.8 Å². The van der Waals surface area contributed by atoms with Crippen molar-refractivity contribution in [3.8, 4) is 0 Å². The summed E-state index contributed by atoms with van der Waals surface area (Å²) in [6.45, 7) is 1.89. The third-order valence-electron chi connectivity index (χ3n) is 4.42. The monoisotopic (exact) mass is 420 g/mol. The molecule has 0 heterocycles. The van der Waals surface area contributed by atoms with Crippen LogP contribution in [0.15, 0.2) is 53.5 Å². The maximum absolute atomic E-state index is 13.6. The summed E-state index contributed by atoms with van der Waals surface area (Å²) in [5.41, 5.74) is 2.35. The van der Waals surface area contributed by atoms with Crippen LogP contribution in [0.2, 0.25) is 0 Å². The summed E-state index contributed by atoms with van der Waals surface area (Å²) in [7, 11) is 0.506. The summed E-state index contributed by atoms with van der Waals surface area (Å²) in [4.78, 5) is 6.36. The molecule has 2 N–H and O–H groups in total. The molecule has 0 amide bonds. The van der Waals surface area contributed by atoms with Gasteiger partial charge in [0.15, 0.2) is 15.8 Å². The number of hydrogen-bond acceptors (Lipinski definition) is 4. The van der Waals surface area contributed by atoms with Gasteiger partial charge in [-0.05, 0) is 41.8 Å². The zero-order valence-corrected chi connectivity index (χ0v) is 18.0. The molecular formula is C21H29FN4O2S. The predicted octanol–water partition coefficient (Wildman–Crippen LogP) is 2.56. The lowest BCUT2D eigenvalue weighted by Crippen LogP contribution is -2.38. The first-order valence-corrected chi connectivity index (χ1v) is 11.5.